The van der Waals surface area contributed by atoms with Crippen LogP contribution in [0.2, 0.25) is 0 Å². The molecule has 0 saturated heterocycles. The molecule has 2 aliphatic rings. The zero-order valence-electron chi connectivity index (χ0n) is 11.7. The number of pyridine rings is 1. The summed E-state index contributed by atoms with van der Waals surface area (Å²) in [5.41, 5.74) is 1.02. The Hall–Kier alpha value is -1.51. The monoisotopic (exact) mass is 258 g/mol. The molecule has 1 N–H and O–H groups in total. The summed E-state index contributed by atoms with van der Waals surface area (Å²) in [6.07, 6.45) is 9.40. The first-order valence-corrected chi connectivity index (χ1v) is 7.26. The average Bonchev–Trinajstić information content (AvgIpc) is 2.99. The van der Waals surface area contributed by atoms with Crippen molar-refractivity contribution in [2.75, 3.05) is 11.9 Å². The minimum Gasteiger partial charge on any atom is -0.473 e. The lowest BCUT2D eigenvalue weighted by Crippen LogP contribution is -2.19. The van der Waals surface area contributed by atoms with E-state index in [9.17, 15) is 0 Å². The number of hydrogen-bond acceptors (Lipinski definition) is 3. The van der Waals surface area contributed by atoms with Crippen LogP contribution in [0, 0.1) is 17.8 Å². The molecule has 0 aliphatic heterocycles. The quantitative estimate of drug-likeness (QED) is 0.821. The number of nitrogens with zero attached hydrogens (tertiary/aromatic N) is 1. The summed E-state index contributed by atoms with van der Waals surface area (Å²) in [6, 6.07) is 4.00. The van der Waals surface area contributed by atoms with Gasteiger partial charge in [-0.25, -0.2) is 4.98 Å². The van der Waals surface area contributed by atoms with E-state index < -0.39 is 0 Å². The van der Waals surface area contributed by atoms with Crippen molar-refractivity contribution in [3.05, 3.63) is 30.5 Å². The number of anilines is 1. The van der Waals surface area contributed by atoms with E-state index in [2.05, 4.69) is 22.5 Å². The Bertz CT molecular complexity index is 470. The molecule has 0 aromatic carbocycles. The first-order valence-electron chi connectivity index (χ1n) is 7.26. The minimum absolute atomic E-state index is 0.154. The van der Waals surface area contributed by atoms with Crippen molar-refractivity contribution in [1.29, 1.82) is 0 Å². The van der Waals surface area contributed by atoms with Gasteiger partial charge >= 0.3 is 0 Å². The van der Waals surface area contributed by atoms with E-state index in [4.69, 9.17) is 4.74 Å². The van der Waals surface area contributed by atoms with E-state index in [1.165, 1.54) is 12.8 Å². The van der Waals surface area contributed by atoms with Gasteiger partial charge < -0.3 is 10.1 Å². The number of aromatic nitrogens is 1. The molecule has 0 spiro atoms. The van der Waals surface area contributed by atoms with Crippen molar-refractivity contribution < 1.29 is 4.74 Å². The summed E-state index contributed by atoms with van der Waals surface area (Å²) in [7, 11) is 0. The van der Waals surface area contributed by atoms with E-state index in [0.717, 1.165) is 35.9 Å². The molecule has 3 nitrogen and oxygen atoms in total. The van der Waals surface area contributed by atoms with Crippen molar-refractivity contribution >= 4 is 5.69 Å². The Morgan fingerprint density at radius 3 is 2.95 bits per heavy atom. The Balaban J connectivity index is 1.62. The Morgan fingerprint density at radius 1 is 1.37 bits per heavy atom. The molecule has 1 heterocycles. The first-order chi connectivity index (χ1) is 9.22. The Morgan fingerprint density at radius 2 is 2.26 bits per heavy atom. The number of nitrogens with one attached hydrogen (secondary N) is 1. The van der Waals surface area contributed by atoms with Gasteiger partial charge in [0.25, 0.3) is 0 Å². The summed E-state index contributed by atoms with van der Waals surface area (Å²) in [6.45, 7) is 5.07. The van der Waals surface area contributed by atoms with E-state index in [0.29, 0.717) is 0 Å². The molecule has 19 heavy (non-hydrogen) atoms. The second-order valence-electron chi connectivity index (χ2n) is 5.94. The Kier molecular flexibility index (Phi) is 3.45. The van der Waals surface area contributed by atoms with Gasteiger partial charge in [-0.3, -0.25) is 0 Å². The van der Waals surface area contributed by atoms with Gasteiger partial charge in [0.15, 0.2) is 0 Å². The van der Waals surface area contributed by atoms with Gasteiger partial charge in [-0.05, 0) is 56.6 Å². The zero-order chi connectivity index (χ0) is 13.2. The van der Waals surface area contributed by atoms with E-state index in [1.807, 2.05) is 26.0 Å². The van der Waals surface area contributed by atoms with Crippen LogP contribution in [0.15, 0.2) is 30.5 Å². The maximum Gasteiger partial charge on any atom is 0.237 e. The largest absolute Gasteiger partial charge is 0.473 e. The van der Waals surface area contributed by atoms with E-state index in [1.54, 1.807) is 6.20 Å². The summed E-state index contributed by atoms with van der Waals surface area (Å²) in [4.78, 5) is 4.31. The summed E-state index contributed by atoms with van der Waals surface area (Å²) in [5.74, 6) is 3.10. The number of hydrogen-bond donors (Lipinski definition) is 1. The predicted molar refractivity (Wildman–Crippen MR) is 77.3 cm³/mol. The molecular formula is C16H22N2O. The smallest absolute Gasteiger partial charge is 0.237 e. The fourth-order valence-corrected chi connectivity index (χ4v) is 3.21. The van der Waals surface area contributed by atoms with E-state index in [-0.39, 0.29) is 6.10 Å². The van der Waals surface area contributed by atoms with Crippen LogP contribution in [0.25, 0.3) is 0 Å². The van der Waals surface area contributed by atoms with Crippen LogP contribution in [0.3, 0.4) is 0 Å². The Labute approximate surface area is 115 Å². The molecule has 0 radical (unpaired) electrons. The first kappa shape index (κ1) is 12.5. The zero-order valence-corrected chi connectivity index (χ0v) is 11.7. The van der Waals surface area contributed by atoms with E-state index >= 15 is 0 Å². The maximum atomic E-state index is 5.73. The lowest BCUT2D eigenvalue weighted by molar-refractivity contribution is 0.234. The van der Waals surface area contributed by atoms with Crippen molar-refractivity contribution in [3.63, 3.8) is 0 Å². The highest BCUT2D eigenvalue weighted by Crippen LogP contribution is 2.43. The third kappa shape index (κ3) is 2.75. The SMILES string of the molecule is CC(C)Oc1ncccc1NCC1CC2C=CC1C2. The van der Waals surface area contributed by atoms with Crippen LogP contribution in [-0.2, 0) is 0 Å². The molecule has 3 heteroatoms. The molecule has 2 aliphatic carbocycles. The van der Waals surface area contributed by atoms with Crippen molar-refractivity contribution in [2.45, 2.75) is 32.8 Å². The second-order valence-corrected chi connectivity index (χ2v) is 5.94. The van der Waals surface area contributed by atoms with Crippen molar-refractivity contribution in [1.82, 2.24) is 4.98 Å². The summed E-state index contributed by atoms with van der Waals surface area (Å²) < 4.78 is 5.73. The highest BCUT2D eigenvalue weighted by Gasteiger charge is 2.35. The van der Waals surface area contributed by atoms with Crippen LogP contribution in [0.4, 0.5) is 5.69 Å². The fraction of sp³-hybridized carbons (Fsp3) is 0.562. The second kappa shape index (κ2) is 5.24. The van der Waals surface area contributed by atoms with Crippen LogP contribution in [0.5, 0.6) is 5.88 Å². The molecule has 1 aromatic heterocycles. The number of rotatable bonds is 5. The molecule has 0 amide bonds. The molecule has 1 saturated carbocycles. The molecule has 102 valence electrons. The molecule has 3 rings (SSSR count). The van der Waals surface area contributed by atoms with Crippen LogP contribution in [-0.4, -0.2) is 17.6 Å². The van der Waals surface area contributed by atoms with Crippen LogP contribution < -0.4 is 10.1 Å². The fourth-order valence-electron chi connectivity index (χ4n) is 3.21. The molecule has 3 atom stereocenters. The topological polar surface area (TPSA) is 34.1 Å². The highest BCUT2D eigenvalue weighted by atomic mass is 16.5. The van der Waals surface area contributed by atoms with Gasteiger partial charge in [-0.2, -0.15) is 0 Å². The number of fused-ring (bicyclic) bond motifs is 2. The van der Waals surface area contributed by atoms with Gasteiger partial charge in [0.2, 0.25) is 5.88 Å². The third-order valence-electron chi connectivity index (χ3n) is 4.09. The van der Waals surface area contributed by atoms with Gasteiger partial charge in [0.1, 0.15) is 0 Å². The number of ether oxygens (including phenoxy) is 1. The standard InChI is InChI=1S/C16H22N2O/c1-11(2)19-16-15(4-3-7-17-16)18-10-14-9-12-5-6-13(14)8-12/h3-7,11-14,18H,8-10H2,1-2H3. The van der Waals surface area contributed by atoms with Crippen LogP contribution >= 0.6 is 0 Å². The van der Waals surface area contributed by atoms with Crippen molar-refractivity contribution in [3.8, 4) is 5.88 Å². The lowest BCUT2D eigenvalue weighted by atomic mass is 9.93. The van der Waals surface area contributed by atoms with Gasteiger partial charge in [0.05, 0.1) is 11.8 Å². The molecule has 2 bridgehead atoms. The lowest BCUT2D eigenvalue weighted by Gasteiger charge is -2.20. The molecule has 3 unspecified atom stereocenters. The molecule has 1 aromatic rings. The number of allylic oxidation sites excluding steroid dienone is 2. The van der Waals surface area contributed by atoms with Gasteiger partial charge in [-0.1, -0.05) is 12.2 Å². The van der Waals surface area contributed by atoms with Crippen molar-refractivity contribution in [2.24, 2.45) is 17.8 Å². The average molecular weight is 258 g/mol. The summed E-state index contributed by atoms with van der Waals surface area (Å²) >= 11 is 0. The third-order valence-corrected chi connectivity index (χ3v) is 4.09. The van der Waals surface area contributed by atoms with Gasteiger partial charge in [0, 0.05) is 12.7 Å². The highest BCUT2D eigenvalue weighted by molar-refractivity contribution is 5.52. The van der Waals surface area contributed by atoms with Gasteiger partial charge in [-0.15, -0.1) is 0 Å². The molecule has 1 fully saturated rings. The predicted octanol–water partition coefficient (Wildman–Crippen LogP) is 3.49. The maximum absolute atomic E-state index is 5.73. The normalized spacial score (nSPS) is 28.1. The minimum atomic E-state index is 0.154. The summed E-state index contributed by atoms with van der Waals surface area (Å²) in [5, 5.41) is 3.52. The molecular weight excluding hydrogens is 236 g/mol. The van der Waals surface area contributed by atoms with Crippen LogP contribution in [0.1, 0.15) is 26.7 Å².